The van der Waals surface area contributed by atoms with E-state index in [0.717, 1.165) is 0 Å². The number of carbonyl (C=O) groups is 3. The van der Waals surface area contributed by atoms with Gasteiger partial charge in [0.1, 0.15) is 5.82 Å². The Morgan fingerprint density at radius 1 is 1.00 bits per heavy atom. The summed E-state index contributed by atoms with van der Waals surface area (Å²) in [6.45, 7) is 0. The normalized spacial score (nSPS) is 15.0. The van der Waals surface area contributed by atoms with Gasteiger partial charge in [0, 0.05) is 23.9 Å². The highest BCUT2D eigenvalue weighted by Crippen LogP contribution is 2.28. The minimum Gasteiger partial charge on any atom is -0.465 e. The number of aliphatic imine (C=N–C) groups is 1. The number of nitrogens with zero attached hydrogens (tertiary/aromatic N) is 2. The van der Waals surface area contributed by atoms with E-state index in [0.29, 0.717) is 16.9 Å². The van der Waals surface area contributed by atoms with Crippen molar-refractivity contribution in [3.63, 3.8) is 0 Å². The van der Waals surface area contributed by atoms with Crippen LogP contribution in [0.2, 0.25) is 0 Å². The van der Waals surface area contributed by atoms with Crippen LogP contribution in [0.4, 0.5) is 20.6 Å². The highest BCUT2D eigenvalue weighted by Gasteiger charge is 2.31. The van der Waals surface area contributed by atoms with Crippen LogP contribution in [0.25, 0.3) is 0 Å². The summed E-state index contributed by atoms with van der Waals surface area (Å²) in [4.78, 5) is 43.5. The second kappa shape index (κ2) is 9.53. The predicted octanol–water partition coefficient (Wildman–Crippen LogP) is 3.57. The molecule has 8 nitrogen and oxygen atoms in total. The average molecular weight is 460 g/mol. The maximum atomic E-state index is 14.7. The van der Waals surface area contributed by atoms with Crippen LogP contribution in [0, 0.1) is 5.82 Å². The molecule has 0 spiro atoms. The van der Waals surface area contributed by atoms with Gasteiger partial charge in [0.15, 0.2) is 0 Å². The van der Waals surface area contributed by atoms with Crippen LogP contribution >= 0.6 is 0 Å². The van der Waals surface area contributed by atoms with Gasteiger partial charge >= 0.3 is 12.0 Å². The van der Waals surface area contributed by atoms with Crippen molar-refractivity contribution in [2.45, 2.75) is 6.17 Å². The van der Waals surface area contributed by atoms with E-state index in [1.54, 1.807) is 67.7 Å². The minimum atomic E-state index is -1.32. The predicted molar refractivity (Wildman–Crippen MR) is 126 cm³/mol. The lowest BCUT2D eigenvalue weighted by atomic mass is 10.00. The van der Waals surface area contributed by atoms with Crippen molar-refractivity contribution in [2.75, 3.05) is 24.4 Å². The number of nitrogens with one attached hydrogen (secondary N) is 2. The Morgan fingerprint density at radius 3 is 2.44 bits per heavy atom. The number of benzodiazepines with no additional fused rings is 1. The molecule has 0 saturated carbocycles. The Bertz CT molecular complexity index is 1310. The number of halogens is 1. The quantitative estimate of drug-likeness (QED) is 0.582. The molecule has 3 aromatic carbocycles. The molecule has 9 heteroatoms. The van der Waals surface area contributed by atoms with Crippen molar-refractivity contribution in [3.8, 4) is 0 Å². The highest BCUT2D eigenvalue weighted by molar-refractivity contribution is 6.20. The summed E-state index contributed by atoms with van der Waals surface area (Å²) in [6, 6.07) is 18.5. The number of carbonyl (C=O) groups excluding carboxylic acids is 3. The third-order valence-corrected chi connectivity index (χ3v) is 5.28. The smallest absolute Gasteiger partial charge is 0.337 e. The first-order valence-corrected chi connectivity index (χ1v) is 10.3. The summed E-state index contributed by atoms with van der Waals surface area (Å²) in [7, 11) is 2.82. The number of para-hydroxylation sites is 1. The molecule has 1 unspecified atom stereocenters. The van der Waals surface area contributed by atoms with Gasteiger partial charge < -0.3 is 20.3 Å². The van der Waals surface area contributed by atoms with Crippen LogP contribution in [0.5, 0.6) is 0 Å². The first kappa shape index (κ1) is 22.7. The van der Waals surface area contributed by atoms with Gasteiger partial charge in [0.2, 0.25) is 6.17 Å². The second-order valence-corrected chi connectivity index (χ2v) is 7.45. The summed E-state index contributed by atoms with van der Waals surface area (Å²) >= 11 is 0. The lowest BCUT2D eigenvalue weighted by molar-refractivity contribution is -0.119. The van der Waals surface area contributed by atoms with Gasteiger partial charge in [-0.15, -0.1) is 0 Å². The van der Waals surface area contributed by atoms with Crippen LogP contribution < -0.4 is 15.5 Å². The zero-order valence-corrected chi connectivity index (χ0v) is 18.4. The van der Waals surface area contributed by atoms with Crippen molar-refractivity contribution in [1.82, 2.24) is 5.32 Å². The zero-order valence-electron chi connectivity index (χ0n) is 18.4. The minimum absolute atomic E-state index is 0.205. The highest BCUT2D eigenvalue weighted by atomic mass is 19.1. The third-order valence-electron chi connectivity index (χ3n) is 5.28. The number of hydrogen-bond donors (Lipinski definition) is 2. The maximum absolute atomic E-state index is 14.7. The molecule has 0 radical (unpaired) electrons. The molecule has 172 valence electrons. The van der Waals surface area contributed by atoms with Gasteiger partial charge in [0.25, 0.3) is 5.91 Å². The molecule has 0 aliphatic carbocycles. The van der Waals surface area contributed by atoms with E-state index in [9.17, 15) is 18.8 Å². The molecule has 1 aliphatic heterocycles. The summed E-state index contributed by atoms with van der Waals surface area (Å²) in [5, 5.41) is 5.12. The van der Waals surface area contributed by atoms with E-state index in [1.807, 2.05) is 0 Å². The molecule has 0 bridgehead atoms. The molecule has 1 heterocycles. The number of urea groups is 1. The standard InChI is InChI=1S/C25H21FN4O4/c1-30-20-13-6-4-11-18(20)21(17-10-3-5-12-19(17)26)28-22(23(30)31)29-25(33)27-16-9-7-8-15(14-16)24(32)34-2/h3-14,22H,1-2H3,(H2,27,29,33). The van der Waals surface area contributed by atoms with Crippen molar-refractivity contribution < 1.29 is 23.5 Å². The average Bonchev–Trinajstić information content (AvgIpc) is 2.95. The summed E-state index contributed by atoms with van der Waals surface area (Å²) in [5.74, 6) is -1.56. The van der Waals surface area contributed by atoms with Gasteiger partial charge in [-0.2, -0.15) is 0 Å². The van der Waals surface area contributed by atoms with E-state index in [-0.39, 0.29) is 16.8 Å². The van der Waals surface area contributed by atoms with Crippen LogP contribution in [0.15, 0.2) is 77.8 Å². The number of benzene rings is 3. The summed E-state index contributed by atoms with van der Waals surface area (Å²) in [5.41, 5.74) is 2.10. The van der Waals surface area contributed by atoms with Gasteiger partial charge in [-0.05, 0) is 36.4 Å². The molecule has 3 amide bonds. The molecular weight excluding hydrogens is 439 g/mol. The number of ether oxygens (including phenoxy) is 1. The Balaban J connectivity index is 1.67. The zero-order chi connectivity index (χ0) is 24.2. The van der Waals surface area contributed by atoms with Crippen LogP contribution in [-0.4, -0.2) is 43.9 Å². The van der Waals surface area contributed by atoms with Crippen LogP contribution in [0.3, 0.4) is 0 Å². The monoisotopic (exact) mass is 460 g/mol. The number of rotatable bonds is 4. The fraction of sp³-hybridized carbons (Fsp3) is 0.120. The largest absolute Gasteiger partial charge is 0.465 e. The fourth-order valence-electron chi connectivity index (χ4n) is 3.62. The molecule has 2 N–H and O–H groups in total. The molecule has 0 aromatic heterocycles. The van der Waals surface area contributed by atoms with Gasteiger partial charge in [0.05, 0.1) is 24.1 Å². The number of esters is 1. The van der Waals surface area contributed by atoms with E-state index in [1.165, 1.54) is 24.1 Å². The van der Waals surface area contributed by atoms with Crippen molar-refractivity contribution in [3.05, 3.63) is 95.3 Å². The number of anilines is 2. The number of likely N-dealkylation sites (N-methyl/N-ethyl adjacent to an activating group) is 1. The molecule has 34 heavy (non-hydrogen) atoms. The molecule has 1 atom stereocenters. The number of methoxy groups -OCH3 is 1. The van der Waals surface area contributed by atoms with Crippen LogP contribution in [0.1, 0.15) is 21.5 Å². The third kappa shape index (κ3) is 4.49. The van der Waals surface area contributed by atoms with E-state index < -0.39 is 29.9 Å². The van der Waals surface area contributed by atoms with Crippen molar-refractivity contribution in [1.29, 1.82) is 0 Å². The first-order chi connectivity index (χ1) is 16.4. The number of amides is 3. The SMILES string of the molecule is COC(=O)c1cccc(NC(=O)NC2N=C(c3ccccc3F)c3ccccc3N(C)C2=O)c1. The van der Waals surface area contributed by atoms with Crippen LogP contribution in [-0.2, 0) is 9.53 Å². The van der Waals surface area contributed by atoms with Crippen molar-refractivity contribution in [2.24, 2.45) is 4.99 Å². The fourth-order valence-corrected chi connectivity index (χ4v) is 3.62. The van der Waals surface area contributed by atoms with E-state index >= 15 is 0 Å². The molecule has 1 aliphatic rings. The molecule has 3 aromatic rings. The van der Waals surface area contributed by atoms with Gasteiger partial charge in [-0.3, -0.25) is 4.79 Å². The molecular formula is C25H21FN4O4. The Hall–Kier alpha value is -4.53. The van der Waals surface area contributed by atoms with E-state index in [2.05, 4.69) is 20.4 Å². The van der Waals surface area contributed by atoms with Crippen molar-refractivity contribution >= 4 is 35.0 Å². The lowest BCUT2D eigenvalue weighted by Crippen LogP contribution is -2.47. The Kier molecular flexibility index (Phi) is 6.35. The lowest BCUT2D eigenvalue weighted by Gasteiger charge is -2.21. The Morgan fingerprint density at radius 2 is 1.71 bits per heavy atom. The topological polar surface area (TPSA) is 100 Å². The molecule has 4 rings (SSSR count). The Labute approximate surface area is 195 Å². The second-order valence-electron chi connectivity index (χ2n) is 7.45. The number of fused-ring (bicyclic) bond motifs is 1. The van der Waals surface area contributed by atoms with E-state index in [4.69, 9.17) is 0 Å². The first-order valence-electron chi connectivity index (χ1n) is 10.3. The summed E-state index contributed by atoms with van der Waals surface area (Å²) < 4.78 is 19.4. The van der Waals surface area contributed by atoms with Gasteiger partial charge in [-0.1, -0.05) is 36.4 Å². The van der Waals surface area contributed by atoms with Gasteiger partial charge in [-0.25, -0.2) is 19.0 Å². The maximum Gasteiger partial charge on any atom is 0.337 e. The summed E-state index contributed by atoms with van der Waals surface area (Å²) in [6.07, 6.45) is -1.32. The molecule has 0 fully saturated rings. The molecule has 0 saturated heterocycles. The number of hydrogen-bond acceptors (Lipinski definition) is 5.